The van der Waals surface area contributed by atoms with Crippen molar-refractivity contribution in [1.82, 2.24) is 19.1 Å². The van der Waals surface area contributed by atoms with Crippen molar-refractivity contribution in [2.24, 2.45) is 0 Å². The monoisotopic (exact) mass is 690 g/mol. The van der Waals surface area contributed by atoms with Crippen molar-refractivity contribution in [2.45, 2.75) is 56.6 Å². The third-order valence-corrected chi connectivity index (χ3v) is 7.85. The van der Waals surface area contributed by atoms with Crippen LogP contribution < -0.4 is 5.56 Å². The maximum absolute atomic E-state index is 13.8. The molecule has 4 heterocycles. The molecule has 1 aromatic carbocycles. The molecule has 5 rings (SSSR count). The first-order valence-electron chi connectivity index (χ1n) is 14.0. The Morgan fingerprint density at radius 2 is 1.82 bits per heavy atom. The van der Waals surface area contributed by atoms with Gasteiger partial charge in [-0.15, -0.1) is 6.58 Å². The lowest BCUT2D eigenvalue weighted by Crippen LogP contribution is -2.40. The number of esters is 3. The van der Waals surface area contributed by atoms with E-state index in [-0.39, 0.29) is 35.7 Å². The van der Waals surface area contributed by atoms with Crippen molar-refractivity contribution in [3.63, 3.8) is 0 Å². The normalized spacial score (nSPS) is 26.1. The van der Waals surface area contributed by atoms with Gasteiger partial charge in [0.25, 0.3) is 5.56 Å². The Bertz CT molecular complexity index is 1630. The van der Waals surface area contributed by atoms with Crippen LogP contribution in [0, 0.1) is 0 Å². The number of carbonyl (C=O) groups excluding carboxylic acids is 3. The number of hydrogen-bond acceptors (Lipinski definition) is 13. The quantitative estimate of drug-likeness (QED) is 0.132. The largest absolute Gasteiger partial charge is 0.459 e. The van der Waals surface area contributed by atoms with Crippen molar-refractivity contribution in [3.8, 4) is 0 Å². The highest BCUT2D eigenvalue weighted by molar-refractivity contribution is 9.10. The number of benzene rings is 1. The number of halogens is 1. The highest BCUT2D eigenvalue weighted by Gasteiger charge is 2.51. The molecular weight excluding hydrogens is 660 g/mol. The van der Waals surface area contributed by atoms with Crippen molar-refractivity contribution in [1.29, 1.82) is 0 Å². The number of fused-ring (bicyclic) bond motifs is 1. The molecule has 2 aromatic heterocycles. The molecule has 0 aliphatic carbocycles. The molecule has 45 heavy (non-hydrogen) atoms. The van der Waals surface area contributed by atoms with Gasteiger partial charge in [-0.1, -0.05) is 24.3 Å². The van der Waals surface area contributed by atoms with Crippen LogP contribution in [-0.2, 0) is 38.0 Å². The van der Waals surface area contributed by atoms with E-state index in [1.54, 1.807) is 36.4 Å². The summed E-state index contributed by atoms with van der Waals surface area (Å²) >= 11 is 3.34. The number of aliphatic hydroxyl groups excluding tert-OH is 1. The van der Waals surface area contributed by atoms with Gasteiger partial charge in [0.05, 0.1) is 31.4 Å². The van der Waals surface area contributed by atoms with E-state index in [2.05, 4.69) is 32.5 Å². The molecule has 0 spiro atoms. The number of hydrogen-bond donors (Lipinski definition) is 1. The van der Waals surface area contributed by atoms with Crippen molar-refractivity contribution in [2.75, 3.05) is 26.4 Å². The van der Waals surface area contributed by atoms with E-state index in [1.807, 2.05) is 0 Å². The second-order valence-corrected chi connectivity index (χ2v) is 11.0. The first-order chi connectivity index (χ1) is 21.6. The Kier molecular flexibility index (Phi) is 10.1. The molecule has 0 saturated carbocycles. The van der Waals surface area contributed by atoms with Gasteiger partial charge in [0.1, 0.15) is 31.2 Å². The standard InChI is InChI=1S/C29H31BrN4O11/c1-4-10-40-22-18(12-41-20(22)13-42-28(39)17-8-6-5-7-9-17)33-14-31-25-21(26(33)38)32-29(30)34(25)27-24(44-16(3)37)23(43-15(2)36)19(11-35)45-27/h4-9,14,18-20,22-24,27,35H,1,10-13H2,2-3H3/t18-,19-,20-,22+,23-,24-,27-/m1/s1. The second kappa shape index (κ2) is 14.0. The topological polar surface area (TPSA) is 180 Å². The lowest BCUT2D eigenvalue weighted by molar-refractivity contribution is -0.165. The summed E-state index contributed by atoms with van der Waals surface area (Å²) in [6.07, 6.45) is -3.10. The van der Waals surface area contributed by atoms with Crippen LogP contribution in [0.3, 0.4) is 0 Å². The van der Waals surface area contributed by atoms with E-state index in [0.717, 1.165) is 0 Å². The maximum Gasteiger partial charge on any atom is 0.338 e. The minimum Gasteiger partial charge on any atom is -0.459 e. The Labute approximate surface area is 264 Å². The molecule has 2 aliphatic rings. The molecule has 0 bridgehead atoms. The van der Waals surface area contributed by atoms with E-state index < -0.39 is 72.9 Å². The number of aliphatic hydroxyl groups is 1. The number of nitrogens with zero attached hydrogens (tertiary/aromatic N) is 4. The highest BCUT2D eigenvalue weighted by atomic mass is 79.9. The van der Waals surface area contributed by atoms with Crippen molar-refractivity contribution < 1.29 is 47.9 Å². The van der Waals surface area contributed by atoms with Crippen molar-refractivity contribution in [3.05, 3.63) is 70.0 Å². The van der Waals surface area contributed by atoms with E-state index in [0.29, 0.717) is 5.56 Å². The summed E-state index contributed by atoms with van der Waals surface area (Å²) in [5, 5.41) is 9.92. The number of imidazole rings is 1. The molecule has 2 saturated heterocycles. The van der Waals surface area contributed by atoms with Crippen LogP contribution in [0.15, 0.2) is 58.8 Å². The van der Waals surface area contributed by atoms with Gasteiger partial charge in [0.15, 0.2) is 34.3 Å². The number of carbonyl (C=O) groups is 3. The zero-order chi connectivity index (χ0) is 32.2. The van der Waals surface area contributed by atoms with E-state index in [4.69, 9.17) is 28.4 Å². The van der Waals surface area contributed by atoms with Gasteiger partial charge in [0, 0.05) is 13.8 Å². The van der Waals surface area contributed by atoms with Gasteiger partial charge in [0.2, 0.25) is 0 Å². The highest BCUT2D eigenvalue weighted by Crippen LogP contribution is 2.37. The molecule has 16 heteroatoms. The fourth-order valence-electron chi connectivity index (χ4n) is 5.39. The van der Waals surface area contributed by atoms with Crippen LogP contribution in [0.25, 0.3) is 11.2 Å². The summed E-state index contributed by atoms with van der Waals surface area (Å²) in [6, 6.07) is 7.84. The van der Waals surface area contributed by atoms with Gasteiger partial charge in [-0.05, 0) is 28.1 Å². The number of ether oxygens (including phenoxy) is 6. The molecule has 2 fully saturated rings. The number of rotatable bonds is 11. The fourth-order valence-corrected chi connectivity index (χ4v) is 5.93. The minimum atomic E-state index is -1.19. The van der Waals surface area contributed by atoms with Crippen molar-refractivity contribution >= 4 is 45.0 Å². The first kappa shape index (κ1) is 32.4. The average Bonchev–Trinajstić information content (AvgIpc) is 3.68. The zero-order valence-corrected chi connectivity index (χ0v) is 25.9. The smallest absolute Gasteiger partial charge is 0.338 e. The molecule has 240 valence electrons. The predicted molar refractivity (Wildman–Crippen MR) is 157 cm³/mol. The zero-order valence-electron chi connectivity index (χ0n) is 24.3. The van der Waals surface area contributed by atoms with E-state index in [1.165, 1.54) is 29.3 Å². The van der Waals surface area contributed by atoms with Gasteiger partial charge in [-0.25, -0.2) is 14.8 Å². The Morgan fingerprint density at radius 3 is 2.49 bits per heavy atom. The van der Waals surface area contributed by atoms with Crippen LogP contribution in [0.2, 0.25) is 0 Å². The van der Waals surface area contributed by atoms with Crippen LogP contribution in [0.1, 0.15) is 36.5 Å². The third-order valence-electron chi connectivity index (χ3n) is 7.29. The summed E-state index contributed by atoms with van der Waals surface area (Å²) in [4.78, 5) is 59.0. The van der Waals surface area contributed by atoms with Gasteiger partial charge in [-0.2, -0.15) is 0 Å². The molecule has 7 atom stereocenters. The van der Waals surface area contributed by atoms with Crippen LogP contribution >= 0.6 is 15.9 Å². The molecule has 1 N–H and O–H groups in total. The van der Waals surface area contributed by atoms with Gasteiger partial charge < -0.3 is 33.5 Å². The lowest BCUT2D eigenvalue weighted by Gasteiger charge is -2.24. The van der Waals surface area contributed by atoms with Crippen LogP contribution in [0.4, 0.5) is 0 Å². The average molecular weight is 691 g/mol. The molecule has 0 radical (unpaired) electrons. The Morgan fingerprint density at radius 1 is 1.11 bits per heavy atom. The van der Waals surface area contributed by atoms with Crippen LogP contribution in [0.5, 0.6) is 0 Å². The van der Waals surface area contributed by atoms with Gasteiger partial charge >= 0.3 is 17.9 Å². The summed E-state index contributed by atoms with van der Waals surface area (Å²) < 4.78 is 36.9. The Balaban J connectivity index is 1.44. The predicted octanol–water partition coefficient (Wildman–Crippen LogP) is 1.48. The SMILES string of the molecule is C=CCO[C@H]1[C@H](n2cnc3c(nc(Br)n3[C@@H]3O[C@H](CO)[C@@H](OC(C)=O)[C@H]3OC(C)=O)c2=O)CO[C@@H]1COC(=O)c1ccccc1. The minimum absolute atomic E-state index is 0.0485. The summed E-state index contributed by atoms with van der Waals surface area (Å²) in [7, 11) is 0. The van der Waals surface area contributed by atoms with E-state index in [9.17, 15) is 24.3 Å². The van der Waals surface area contributed by atoms with Gasteiger partial charge in [-0.3, -0.25) is 23.5 Å². The fraction of sp³-hybridized carbons (Fsp3) is 0.448. The molecule has 0 unspecified atom stereocenters. The molecule has 15 nitrogen and oxygen atoms in total. The molecular formula is C29H31BrN4O11. The Hall–Kier alpha value is -3.96. The maximum atomic E-state index is 13.8. The van der Waals surface area contributed by atoms with Crippen LogP contribution in [-0.4, -0.2) is 99.1 Å². The third kappa shape index (κ3) is 6.69. The summed E-state index contributed by atoms with van der Waals surface area (Å²) in [5.41, 5.74) is -0.150. The molecule has 3 aromatic rings. The molecule has 0 amide bonds. The van der Waals surface area contributed by atoms with E-state index >= 15 is 0 Å². The second-order valence-electron chi connectivity index (χ2n) is 10.3. The summed E-state index contributed by atoms with van der Waals surface area (Å²) in [5.74, 6) is -1.88. The number of aromatic nitrogens is 4. The summed E-state index contributed by atoms with van der Waals surface area (Å²) in [6.45, 7) is 5.56. The molecule has 2 aliphatic heterocycles. The lowest BCUT2D eigenvalue weighted by atomic mass is 10.1. The first-order valence-corrected chi connectivity index (χ1v) is 14.8.